The van der Waals surface area contributed by atoms with E-state index in [0.29, 0.717) is 12.1 Å². The second kappa shape index (κ2) is 6.29. The first-order valence-electron chi connectivity index (χ1n) is 6.06. The quantitative estimate of drug-likeness (QED) is 0.638. The van der Waals surface area contributed by atoms with Crippen LogP contribution in [0.25, 0.3) is 0 Å². The van der Waals surface area contributed by atoms with Gasteiger partial charge >= 0.3 is 5.69 Å². The van der Waals surface area contributed by atoms with E-state index in [9.17, 15) is 10.1 Å². The number of hydrogen-bond donors (Lipinski definition) is 2. The molecule has 1 aromatic carbocycles. The van der Waals surface area contributed by atoms with Gasteiger partial charge in [-0.05, 0) is 17.7 Å². The first-order valence-corrected chi connectivity index (χ1v) is 6.06. The Labute approximate surface area is 120 Å². The van der Waals surface area contributed by atoms with Gasteiger partial charge in [0.2, 0.25) is 11.8 Å². The predicted molar refractivity (Wildman–Crippen MR) is 77.3 cm³/mol. The molecule has 0 atom stereocenters. The molecule has 0 aliphatic rings. The van der Waals surface area contributed by atoms with E-state index in [1.54, 1.807) is 31.3 Å². The van der Waals surface area contributed by atoms with E-state index in [1.165, 1.54) is 0 Å². The maximum Gasteiger partial charge on any atom is 0.329 e. The normalized spacial score (nSPS) is 9.71. The van der Waals surface area contributed by atoms with Crippen molar-refractivity contribution < 1.29 is 4.92 Å². The van der Waals surface area contributed by atoms with Gasteiger partial charge in [0.05, 0.1) is 17.4 Å². The molecule has 0 fully saturated rings. The molecule has 1 heterocycles. The first-order chi connectivity index (χ1) is 10.1. The minimum absolute atomic E-state index is 0.104. The zero-order valence-electron chi connectivity index (χ0n) is 11.2. The van der Waals surface area contributed by atoms with Crippen LogP contribution in [-0.4, -0.2) is 21.9 Å². The highest BCUT2D eigenvalue weighted by Gasteiger charge is 2.17. The van der Waals surface area contributed by atoms with E-state index < -0.39 is 4.92 Å². The summed E-state index contributed by atoms with van der Waals surface area (Å²) in [6.07, 6.45) is 1.46. The number of nitriles is 1. The second-order valence-corrected chi connectivity index (χ2v) is 4.09. The van der Waals surface area contributed by atoms with Crippen LogP contribution in [0.4, 0.5) is 23.1 Å². The molecule has 21 heavy (non-hydrogen) atoms. The Kier molecular flexibility index (Phi) is 4.26. The van der Waals surface area contributed by atoms with Gasteiger partial charge in [-0.1, -0.05) is 12.1 Å². The van der Waals surface area contributed by atoms with E-state index in [-0.39, 0.29) is 17.5 Å². The SMILES string of the molecule is CNc1ncc([N+](=O)[O-])c(Nc2ccc(CC#N)cc2)n1. The molecule has 106 valence electrons. The van der Waals surface area contributed by atoms with Crippen molar-refractivity contribution in [1.29, 1.82) is 5.26 Å². The molecule has 0 radical (unpaired) electrons. The molecule has 0 amide bonds. The number of aromatic nitrogens is 2. The van der Waals surface area contributed by atoms with E-state index >= 15 is 0 Å². The van der Waals surface area contributed by atoms with Crippen LogP contribution in [0.5, 0.6) is 0 Å². The highest BCUT2D eigenvalue weighted by molar-refractivity contribution is 5.66. The van der Waals surface area contributed by atoms with Crippen LogP contribution in [0.2, 0.25) is 0 Å². The van der Waals surface area contributed by atoms with Crippen molar-refractivity contribution in [2.45, 2.75) is 6.42 Å². The molecule has 0 saturated heterocycles. The third-order valence-corrected chi connectivity index (χ3v) is 2.69. The lowest BCUT2D eigenvalue weighted by Crippen LogP contribution is -2.04. The summed E-state index contributed by atoms with van der Waals surface area (Å²) in [6, 6.07) is 9.07. The van der Waals surface area contributed by atoms with Gasteiger partial charge in [-0.25, -0.2) is 4.98 Å². The van der Waals surface area contributed by atoms with Crippen LogP contribution in [-0.2, 0) is 6.42 Å². The fourth-order valence-electron chi connectivity index (χ4n) is 1.66. The molecule has 0 aliphatic heterocycles. The van der Waals surface area contributed by atoms with Crippen molar-refractivity contribution in [3.63, 3.8) is 0 Å². The van der Waals surface area contributed by atoms with Gasteiger partial charge in [-0.2, -0.15) is 10.2 Å². The van der Waals surface area contributed by atoms with Crippen LogP contribution in [0, 0.1) is 21.4 Å². The zero-order chi connectivity index (χ0) is 15.2. The summed E-state index contributed by atoms with van der Waals surface area (Å²) in [4.78, 5) is 18.3. The molecule has 2 rings (SSSR count). The summed E-state index contributed by atoms with van der Waals surface area (Å²) >= 11 is 0. The Morgan fingerprint density at radius 1 is 1.38 bits per heavy atom. The van der Waals surface area contributed by atoms with Gasteiger partial charge in [-0.3, -0.25) is 10.1 Å². The van der Waals surface area contributed by atoms with Crippen molar-refractivity contribution in [3.8, 4) is 6.07 Å². The number of hydrogen-bond acceptors (Lipinski definition) is 7. The minimum Gasteiger partial charge on any atom is -0.357 e. The summed E-state index contributed by atoms with van der Waals surface area (Å²) in [5, 5.41) is 25.2. The standard InChI is InChI=1S/C13H12N6O2/c1-15-13-16-8-11(19(20)21)12(18-13)17-10-4-2-9(3-5-10)6-7-14/h2-5,8H,6H2,1H3,(H2,15,16,17,18). The predicted octanol–water partition coefficient (Wildman–Crippen LogP) is 2.24. The van der Waals surface area contributed by atoms with Gasteiger partial charge in [-0.15, -0.1) is 0 Å². The third-order valence-electron chi connectivity index (χ3n) is 2.69. The summed E-state index contributed by atoms with van der Waals surface area (Å²) in [6.45, 7) is 0. The first kappa shape index (κ1) is 14.2. The number of anilines is 3. The van der Waals surface area contributed by atoms with Crippen molar-refractivity contribution in [3.05, 3.63) is 46.1 Å². The summed E-state index contributed by atoms with van der Waals surface area (Å²) < 4.78 is 0. The highest BCUT2D eigenvalue weighted by Crippen LogP contribution is 2.25. The molecule has 8 nitrogen and oxygen atoms in total. The van der Waals surface area contributed by atoms with Gasteiger partial charge in [0.1, 0.15) is 6.20 Å². The molecule has 0 aliphatic carbocycles. The lowest BCUT2D eigenvalue weighted by Gasteiger charge is -2.07. The number of rotatable bonds is 5. The van der Waals surface area contributed by atoms with Crippen LogP contribution in [0.3, 0.4) is 0 Å². The van der Waals surface area contributed by atoms with Gasteiger partial charge in [0, 0.05) is 12.7 Å². The molecule has 0 bridgehead atoms. The molecule has 2 N–H and O–H groups in total. The van der Waals surface area contributed by atoms with Crippen LogP contribution < -0.4 is 10.6 Å². The Hall–Kier alpha value is -3.21. The lowest BCUT2D eigenvalue weighted by atomic mass is 10.1. The number of benzene rings is 1. The smallest absolute Gasteiger partial charge is 0.329 e. The molecule has 2 aromatic rings. The fraction of sp³-hybridized carbons (Fsp3) is 0.154. The zero-order valence-corrected chi connectivity index (χ0v) is 11.2. The van der Waals surface area contributed by atoms with Crippen molar-refractivity contribution >= 4 is 23.1 Å². The number of nitrogens with one attached hydrogen (secondary N) is 2. The Morgan fingerprint density at radius 3 is 2.67 bits per heavy atom. The van der Waals surface area contributed by atoms with E-state index in [0.717, 1.165) is 11.8 Å². The van der Waals surface area contributed by atoms with Crippen LogP contribution in [0.1, 0.15) is 5.56 Å². The van der Waals surface area contributed by atoms with Crippen LogP contribution in [0.15, 0.2) is 30.5 Å². The summed E-state index contributed by atoms with van der Waals surface area (Å²) in [7, 11) is 1.63. The summed E-state index contributed by atoms with van der Waals surface area (Å²) in [5.41, 5.74) is 1.30. The maximum atomic E-state index is 11.0. The largest absolute Gasteiger partial charge is 0.357 e. The van der Waals surface area contributed by atoms with Gasteiger partial charge < -0.3 is 10.6 Å². The van der Waals surface area contributed by atoms with E-state index in [1.807, 2.05) is 0 Å². The molecule has 8 heteroatoms. The maximum absolute atomic E-state index is 11.0. The van der Waals surface area contributed by atoms with Gasteiger partial charge in [0.15, 0.2) is 0 Å². The molecule has 0 unspecified atom stereocenters. The van der Waals surface area contributed by atoms with Gasteiger partial charge in [0.25, 0.3) is 0 Å². The third kappa shape index (κ3) is 3.42. The summed E-state index contributed by atoms with van der Waals surface area (Å²) in [5.74, 6) is 0.386. The number of nitrogens with zero attached hydrogens (tertiary/aromatic N) is 4. The molecule has 0 spiro atoms. The average molecular weight is 284 g/mol. The van der Waals surface area contributed by atoms with Crippen molar-refractivity contribution in [2.24, 2.45) is 0 Å². The van der Waals surface area contributed by atoms with Crippen molar-refractivity contribution in [1.82, 2.24) is 9.97 Å². The highest BCUT2D eigenvalue weighted by atomic mass is 16.6. The second-order valence-electron chi connectivity index (χ2n) is 4.09. The Morgan fingerprint density at radius 2 is 2.10 bits per heavy atom. The molecule has 1 aromatic heterocycles. The Bertz CT molecular complexity index is 693. The topological polar surface area (TPSA) is 117 Å². The Balaban J connectivity index is 2.29. The molecular weight excluding hydrogens is 272 g/mol. The number of nitro groups is 1. The van der Waals surface area contributed by atoms with E-state index in [4.69, 9.17) is 5.26 Å². The van der Waals surface area contributed by atoms with E-state index in [2.05, 4.69) is 26.7 Å². The molecule has 0 saturated carbocycles. The minimum atomic E-state index is -0.550. The van der Waals surface area contributed by atoms with Crippen molar-refractivity contribution in [2.75, 3.05) is 17.7 Å². The fourth-order valence-corrected chi connectivity index (χ4v) is 1.66. The van der Waals surface area contributed by atoms with Crippen LogP contribution >= 0.6 is 0 Å². The average Bonchev–Trinajstić information content (AvgIpc) is 2.49. The monoisotopic (exact) mass is 284 g/mol. The lowest BCUT2D eigenvalue weighted by molar-refractivity contribution is -0.384. The molecular formula is C13H12N6O2.